The maximum atomic E-state index is 12.2. The summed E-state index contributed by atoms with van der Waals surface area (Å²) in [5, 5.41) is 0. The summed E-state index contributed by atoms with van der Waals surface area (Å²) in [6, 6.07) is 0. The van der Waals surface area contributed by atoms with Crippen molar-refractivity contribution in [3.05, 3.63) is 0 Å². The van der Waals surface area contributed by atoms with Crippen LogP contribution in [0.15, 0.2) is 0 Å². The summed E-state index contributed by atoms with van der Waals surface area (Å²) in [5.74, 6) is 2.38. The van der Waals surface area contributed by atoms with Crippen molar-refractivity contribution in [2.45, 2.75) is 59.7 Å². The van der Waals surface area contributed by atoms with Crippen LogP contribution in [-0.2, 0) is 4.74 Å². The molecule has 0 bridgehead atoms. The highest BCUT2D eigenvalue weighted by Crippen LogP contribution is 2.40. The molecule has 0 spiro atoms. The Morgan fingerprint density at radius 2 is 1.50 bits per heavy atom. The van der Waals surface area contributed by atoms with Gasteiger partial charge >= 0.3 is 6.61 Å². The average Bonchev–Trinajstić information content (AvgIpc) is 2.16. The van der Waals surface area contributed by atoms with Crippen LogP contribution >= 0.6 is 0 Å². The minimum absolute atomic E-state index is 0.234. The van der Waals surface area contributed by atoms with Crippen LogP contribution in [0.5, 0.6) is 0 Å². The molecule has 3 atom stereocenters. The number of rotatable bonds is 4. The van der Waals surface area contributed by atoms with E-state index in [0.717, 1.165) is 19.3 Å². The van der Waals surface area contributed by atoms with Gasteiger partial charge in [-0.25, -0.2) is 0 Å². The van der Waals surface area contributed by atoms with Gasteiger partial charge < -0.3 is 4.74 Å². The van der Waals surface area contributed by atoms with E-state index in [-0.39, 0.29) is 6.10 Å². The van der Waals surface area contributed by atoms with Crippen LogP contribution < -0.4 is 0 Å². The molecule has 1 aliphatic carbocycles. The molecule has 0 radical (unpaired) electrons. The summed E-state index contributed by atoms with van der Waals surface area (Å²) in [4.78, 5) is 0. The molecule has 1 saturated carbocycles. The molecule has 3 heteroatoms. The first-order valence-corrected chi connectivity index (χ1v) is 6.35. The molecule has 0 aliphatic heterocycles. The van der Waals surface area contributed by atoms with Crippen molar-refractivity contribution >= 4 is 0 Å². The van der Waals surface area contributed by atoms with E-state index in [4.69, 9.17) is 0 Å². The molecule has 0 amide bonds. The molecule has 1 fully saturated rings. The van der Waals surface area contributed by atoms with Crippen molar-refractivity contribution in [1.82, 2.24) is 0 Å². The predicted molar refractivity (Wildman–Crippen MR) is 61.4 cm³/mol. The Morgan fingerprint density at radius 1 is 0.938 bits per heavy atom. The largest absolute Gasteiger partial charge is 0.345 e. The highest BCUT2D eigenvalue weighted by atomic mass is 19.3. The van der Waals surface area contributed by atoms with Gasteiger partial charge in [0.05, 0.1) is 6.10 Å². The van der Waals surface area contributed by atoms with Gasteiger partial charge in [-0.1, -0.05) is 27.7 Å². The molecule has 1 rings (SSSR count). The van der Waals surface area contributed by atoms with E-state index < -0.39 is 6.61 Å². The fourth-order valence-corrected chi connectivity index (χ4v) is 3.05. The number of alkyl halides is 2. The van der Waals surface area contributed by atoms with E-state index >= 15 is 0 Å². The van der Waals surface area contributed by atoms with Crippen LogP contribution in [0.3, 0.4) is 0 Å². The lowest BCUT2D eigenvalue weighted by molar-refractivity contribution is -0.179. The van der Waals surface area contributed by atoms with Crippen molar-refractivity contribution in [2.75, 3.05) is 0 Å². The number of ether oxygens (including phenoxy) is 1. The Balaban J connectivity index is 2.58. The molecule has 0 aromatic heterocycles. The quantitative estimate of drug-likeness (QED) is 0.703. The minimum atomic E-state index is -2.62. The van der Waals surface area contributed by atoms with Gasteiger partial charge in [0.1, 0.15) is 0 Å². The Morgan fingerprint density at radius 3 is 1.94 bits per heavy atom. The lowest BCUT2D eigenvalue weighted by Gasteiger charge is -2.40. The van der Waals surface area contributed by atoms with E-state index in [0.29, 0.717) is 23.7 Å². The van der Waals surface area contributed by atoms with Crippen LogP contribution in [0.2, 0.25) is 0 Å². The third kappa shape index (κ3) is 3.69. The molecule has 0 aromatic carbocycles. The molecule has 96 valence electrons. The zero-order valence-corrected chi connectivity index (χ0v) is 10.7. The highest BCUT2D eigenvalue weighted by Gasteiger charge is 2.35. The maximum absolute atomic E-state index is 12.2. The van der Waals surface area contributed by atoms with Crippen molar-refractivity contribution in [3.63, 3.8) is 0 Å². The van der Waals surface area contributed by atoms with E-state index in [2.05, 4.69) is 32.4 Å². The monoisotopic (exact) mass is 234 g/mol. The average molecular weight is 234 g/mol. The summed E-state index contributed by atoms with van der Waals surface area (Å²) in [6.07, 6.45) is 2.38. The molecular formula is C13H24F2O. The van der Waals surface area contributed by atoms with E-state index in [1.807, 2.05) is 0 Å². The fourth-order valence-electron chi connectivity index (χ4n) is 3.05. The smallest absolute Gasteiger partial charge is 0.320 e. The van der Waals surface area contributed by atoms with Crippen molar-refractivity contribution in [2.24, 2.45) is 23.7 Å². The van der Waals surface area contributed by atoms with Crippen LogP contribution in [0.1, 0.15) is 47.0 Å². The zero-order valence-electron chi connectivity index (χ0n) is 10.7. The van der Waals surface area contributed by atoms with Crippen LogP contribution in [0, 0.1) is 23.7 Å². The lowest BCUT2D eigenvalue weighted by atomic mass is 9.68. The van der Waals surface area contributed by atoms with Gasteiger partial charge in [-0.3, -0.25) is 0 Å². The van der Waals surface area contributed by atoms with E-state index in [1.54, 1.807) is 0 Å². The second-order valence-corrected chi connectivity index (χ2v) is 5.65. The minimum Gasteiger partial charge on any atom is -0.320 e. The Labute approximate surface area is 97.6 Å². The lowest BCUT2D eigenvalue weighted by Crippen LogP contribution is -2.35. The third-order valence-electron chi connectivity index (χ3n) is 3.91. The van der Waals surface area contributed by atoms with Crippen molar-refractivity contribution in [1.29, 1.82) is 0 Å². The summed E-state index contributed by atoms with van der Waals surface area (Å²) in [6.45, 7) is 6.21. The fraction of sp³-hybridized carbons (Fsp3) is 1.00. The van der Waals surface area contributed by atoms with Crippen LogP contribution in [0.25, 0.3) is 0 Å². The van der Waals surface area contributed by atoms with Gasteiger partial charge in [0.2, 0.25) is 0 Å². The normalized spacial score (nSPS) is 31.7. The van der Waals surface area contributed by atoms with E-state index in [9.17, 15) is 8.78 Å². The summed E-state index contributed by atoms with van der Waals surface area (Å²) in [7, 11) is 0. The molecule has 1 aliphatic rings. The summed E-state index contributed by atoms with van der Waals surface area (Å²) >= 11 is 0. The topological polar surface area (TPSA) is 9.23 Å². The van der Waals surface area contributed by atoms with Gasteiger partial charge in [0.15, 0.2) is 0 Å². The molecule has 0 heterocycles. The molecule has 3 unspecified atom stereocenters. The summed E-state index contributed by atoms with van der Waals surface area (Å²) in [5.41, 5.74) is 0. The molecule has 0 saturated heterocycles. The van der Waals surface area contributed by atoms with Gasteiger partial charge in [-0.05, 0) is 42.9 Å². The number of hydrogen-bond acceptors (Lipinski definition) is 1. The SMILES string of the molecule is CC(C)C1CCC(OC(F)F)CC1C(C)C. The predicted octanol–water partition coefficient (Wildman–Crippen LogP) is 4.32. The Bertz CT molecular complexity index is 204. The zero-order chi connectivity index (χ0) is 12.3. The van der Waals surface area contributed by atoms with Gasteiger partial charge in [0.25, 0.3) is 0 Å². The molecular weight excluding hydrogens is 210 g/mol. The summed E-state index contributed by atoms with van der Waals surface area (Å²) < 4.78 is 29.0. The number of halogens is 2. The second-order valence-electron chi connectivity index (χ2n) is 5.65. The first kappa shape index (κ1) is 13.9. The molecule has 0 aromatic rings. The van der Waals surface area contributed by atoms with Crippen LogP contribution in [0.4, 0.5) is 8.78 Å². The molecule has 0 N–H and O–H groups in total. The van der Waals surface area contributed by atoms with E-state index in [1.165, 1.54) is 0 Å². The highest BCUT2D eigenvalue weighted by molar-refractivity contribution is 4.84. The standard InChI is InChI=1S/C13H24F2O/c1-8(2)11-6-5-10(16-13(14)15)7-12(11)9(3)4/h8-13H,5-7H2,1-4H3. The van der Waals surface area contributed by atoms with Gasteiger partial charge in [0, 0.05) is 0 Å². The third-order valence-corrected chi connectivity index (χ3v) is 3.91. The Hall–Kier alpha value is -0.180. The van der Waals surface area contributed by atoms with Crippen molar-refractivity contribution < 1.29 is 13.5 Å². The first-order chi connectivity index (χ1) is 7.41. The van der Waals surface area contributed by atoms with Crippen molar-refractivity contribution in [3.8, 4) is 0 Å². The van der Waals surface area contributed by atoms with Crippen LogP contribution in [-0.4, -0.2) is 12.7 Å². The second kappa shape index (κ2) is 5.95. The van der Waals surface area contributed by atoms with Gasteiger partial charge in [-0.15, -0.1) is 0 Å². The maximum Gasteiger partial charge on any atom is 0.345 e. The molecule has 1 nitrogen and oxygen atoms in total. The first-order valence-electron chi connectivity index (χ1n) is 6.35. The Kier molecular flexibility index (Phi) is 5.16. The number of hydrogen-bond donors (Lipinski definition) is 0. The molecule has 16 heavy (non-hydrogen) atoms. The van der Waals surface area contributed by atoms with Gasteiger partial charge in [-0.2, -0.15) is 8.78 Å².